The smallest absolute Gasteiger partial charge is 0.411 e. The molecule has 2 aliphatic rings. The Morgan fingerprint density at radius 1 is 1.24 bits per heavy atom. The van der Waals surface area contributed by atoms with Crippen LogP contribution in [-0.2, 0) is 11.2 Å². The number of hydrogen-bond donors (Lipinski definition) is 2. The van der Waals surface area contributed by atoms with Crippen LogP contribution in [0.2, 0.25) is 0 Å². The van der Waals surface area contributed by atoms with Gasteiger partial charge in [0.1, 0.15) is 11.8 Å². The minimum Gasteiger partial charge on any atom is -0.465 e. The van der Waals surface area contributed by atoms with Crippen LogP contribution in [0.5, 0.6) is 0 Å². The van der Waals surface area contributed by atoms with E-state index < -0.39 is 17.2 Å². The first kappa shape index (κ1) is 17.4. The molecule has 0 saturated carbocycles. The largest absolute Gasteiger partial charge is 0.465 e. The highest BCUT2D eigenvalue weighted by molar-refractivity contribution is 8.18. The topological polar surface area (TPSA) is 117 Å². The SMILES string of the molecule is O=C1NC(=O)C(=Cc2ccc3ncn(-c4ccc5c(c4)CCN5C(=O)O)c3n2)S1. The molecule has 3 aromatic rings. The van der Waals surface area contributed by atoms with Crippen molar-refractivity contribution in [3.63, 3.8) is 0 Å². The lowest BCUT2D eigenvalue weighted by Crippen LogP contribution is -2.26. The Morgan fingerprint density at radius 2 is 2.10 bits per heavy atom. The maximum Gasteiger partial charge on any atom is 0.411 e. The average molecular weight is 407 g/mol. The van der Waals surface area contributed by atoms with Gasteiger partial charge in [-0.2, -0.15) is 0 Å². The van der Waals surface area contributed by atoms with Gasteiger partial charge in [0.25, 0.3) is 11.1 Å². The lowest BCUT2D eigenvalue weighted by molar-refractivity contribution is -0.115. The van der Waals surface area contributed by atoms with Crippen LogP contribution in [0.4, 0.5) is 15.3 Å². The Hall–Kier alpha value is -3.66. The molecule has 3 amide bonds. The molecule has 144 valence electrons. The van der Waals surface area contributed by atoms with Crippen molar-refractivity contribution in [1.29, 1.82) is 0 Å². The number of hydrogen-bond acceptors (Lipinski definition) is 6. The van der Waals surface area contributed by atoms with E-state index in [0.29, 0.717) is 40.4 Å². The van der Waals surface area contributed by atoms with E-state index in [0.717, 1.165) is 23.0 Å². The molecule has 0 bridgehead atoms. The molecule has 0 unspecified atom stereocenters. The molecule has 9 nitrogen and oxygen atoms in total. The van der Waals surface area contributed by atoms with Crippen molar-refractivity contribution in [2.45, 2.75) is 6.42 Å². The second-order valence-electron chi connectivity index (χ2n) is 6.54. The van der Waals surface area contributed by atoms with E-state index >= 15 is 0 Å². The third-order valence-electron chi connectivity index (χ3n) is 4.81. The van der Waals surface area contributed by atoms with Crippen LogP contribution in [0.3, 0.4) is 0 Å². The van der Waals surface area contributed by atoms with Crippen LogP contribution in [0.1, 0.15) is 11.3 Å². The molecular weight excluding hydrogens is 394 g/mol. The summed E-state index contributed by atoms with van der Waals surface area (Å²) in [7, 11) is 0. The fourth-order valence-electron chi connectivity index (χ4n) is 3.47. The molecule has 2 aromatic heterocycles. The van der Waals surface area contributed by atoms with Crippen LogP contribution in [-0.4, -0.2) is 43.4 Å². The number of carbonyl (C=O) groups excluding carboxylic acids is 2. The number of aromatic nitrogens is 3. The number of imide groups is 1. The normalized spacial score (nSPS) is 17.2. The van der Waals surface area contributed by atoms with Crippen molar-refractivity contribution < 1.29 is 19.5 Å². The summed E-state index contributed by atoms with van der Waals surface area (Å²) in [5.74, 6) is -0.433. The summed E-state index contributed by atoms with van der Waals surface area (Å²) in [6.07, 6.45) is 2.90. The van der Waals surface area contributed by atoms with Gasteiger partial charge in [-0.05, 0) is 60.2 Å². The van der Waals surface area contributed by atoms with Gasteiger partial charge in [0, 0.05) is 12.2 Å². The first-order chi connectivity index (χ1) is 14.0. The van der Waals surface area contributed by atoms with E-state index in [1.54, 1.807) is 30.6 Å². The fourth-order valence-corrected chi connectivity index (χ4v) is 4.14. The van der Waals surface area contributed by atoms with Gasteiger partial charge in [0.05, 0.1) is 16.3 Å². The van der Waals surface area contributed by atoms with Gasteiger partial charge in [-0.15, -0.1) is 0 Å². The summed E-state index contributed by atoms with van der Waals surface area (Å²) in [4.78, 5) is 45.0. The maximum atomic E-state index is 11.8. The zero-order valence-corrected chi connectivity index (χ0v) is 15.6. The molecule has 0 spiro atoms. The van der Waals surface area contributed by atoms with E-state index in [2.05, 4.69) is 15.3 Å². The predicted octanol–water partition coefficient (Wildman–Crippen LogP) is 2.78. The van der Waals surface area contributed by atoms with Crippen LogP contribution in [0.15, 0.2) is 41.6 Å². The summed E-state index contributed by atoms with van der Waals surface area (Å²) in [5.41, 5.74) is 4.27. The van der Waals surface area contributed by atoms with E-state index in [9.17, 15) is 19.5 Å². The highest BCUT2D eigenvalue weighted by atomic mass is 32.2. The number of nitrogens with zero attached hydrogens (tertiary/aromatic N) is 4. The summed E-state index contributed by atoms with van der Waals surface area (Å²) >= 11 is 0.839. The number of nitrogens with one attached hydrogen (secondary N) is 1. The van der Waals surface area contributed by atoms with Gasteiger partial charge in [-0.3, -0.25) is 24.4 Å². The Kier molecular flexibility index (Phi) is 3.88. The van der Waals surface area contributed by atoms with Gasteiger partial charge in [0.2, 0.25) is 0 Å². The fraction of sp³-hybridized carbons (Fsp3) is 0.105. The molecule has 2 aliphatic heterocycles. The number of carboxylic acid groups (broad SMARTS) is 1. The second kappa shape index (κ2) is 6.45. The number of amides is 3. The van der Waals surface area contributed by atoms with Crippen molar-refractivity contribution in [3.05, 3.63) is 52.8 Å². The quantitative estimate of drug-likeness (QED) is 0.627. The first-order valence-electron chi connectivity index (χ1n) is 8.72. The minimum atomic E-state index is -0.962. The molecule has 0 radical (unpaired) electrons. The van der Waals surface area contributed by atoms with Crippen molar-refractivity contribution >= 4 is 51.9 Å². The third-order valence-corrected chi connectivity index (χ3v) is 5.62. The summed E-state index contributed by atoms with van der Waals surface area (Å²) in [6, 6.07) is 9.08. The Bertz CT molecular complexity index is 1250. The molecule has 4 heterocycles. The van der Waals surface area contributed by atoms with Crippen molar-refractivity contribution in [2.24, 2.45) is 0 Å². The van der Waals surface area contributed by atoms with Crippen LogP contribution >= 0.6 is 11.8 Å². The standard InChI is InChI=1S/C19H13N5O4S/c25-17-15(29-18(26)22-17)8-11-1-3-13-16(21-11)24(9-20-13)12-2-4-14-10(7-12)5-6-23(14)19(27)28/h1-4,7-9H,5-6H2,(H,27,28)(H,22,25,26). The minimum absolute atomic E-state index is 0.291. The number of anilines is 1. The Labute approximate surface area is 168 Å². The van der Waals surface area contributed by atoms with Crippen LogP contribution in [0.25, 0.3) is 22.9 Å². The predicted molar refractivity (Wildman–Crippen MR) is 107 cm³/mol. The first-order valence-corrected chi connectivity index (χ1v) is 9.54. The Balaban J connectivity index is 1.55. The second-order valence-corrected chi connectivity index (χ2v) is 7.56. The van der Waals surface area contributed by atoms with Crippen LogP contribution in [0, 0.1) is 0 Å². The molecule has 0 atom stereocenters. The van der Waals surface area contributed by atoms with E-state index in [1.807, 2.05) is 16.7 Å². The van der Waals surface area contributed by atoms with Gasteiger partial charge >= 0.3 is 6.09 Å². The lowest BCUT2D eigenvalue weighted by atomic mass is 10.1. The summed E-state index contributed by atoms with van der Waals surface area (Å²) in [5, 5.41) is 11.1. The van der Waals surface area contributed by atoms with Gasteiger partial charge < -0.3 is 5.11 Å². The van der Waals surface area contributed by atoms with Gasteiger partial charge in [0.15, 0.2) is 5.65 Å². The number of carbonyl (C=O) groups is 3. The zero-order chi connectivity index (χ0) is 20.1. The van der Waals surface area contributed by atoms with Gasteiger partial charge in [-0.1, -0.05) is 0 Å². The lowest BCUT2D eigenvalue weighted by Gasteiger charge is -2.13. The van der Waals surface area contributed by atoms with Crippen molar-refractivity contribution in [3.8, 4) is 5.69 Å². The highest BCUT2D eigenvalue weighted by Gasteiger charge is 2.26. The monoisotopic (exact) mass is 407 g/mol. The molecule has 1 fully saturated rings. The third kappa shape index (κ3) is 2.93. The number of rotatable bonds is 2. The molecule has 5 rings (SSSR count). The average Bonchev–Trinajstić information content (AvgIpc) is 3.38. The van der Waals surface area contributed by atoms with E-state index in [1.165, 1.54) is 4.90 Å². The molecule has 1 saturated heterocycles. The molecule has 2 N–H and O–H groups in total. The number of benzene rings is 1. The summed E-state index contributed by atoms with van der Waals surface area (Å²) in [6.45, 7) is 0.438. The van der Waals surface area contributed by atoms with Crippen LogP contribution < -0.4 is 10.2 Å². The van der Waals surface area contributed by atoms with E-state index in [-0.39, 0.29) is 0 Å². The van der Waals surface area contributed by atoms with E-state index in [4.69, 9.17) is 0 Å². The molecule has 10 heteroatoms. The molecular formula is C19H13N5O4S. The zero-order valence-electron chi connectivity index (χ0n) is 14.8. The molecule has 1 aromatic carbocycles. The molecule has 29 heavy (non-hydrogen) atoms. The highest BCUT2D eigenvalue weighted by Crippen LogP contribution is 2.31. The number of thioether (sulfide) groups is 1. The van der Waals surface area contributed by atoms with Crippen molar-refractivity contribution in [2.75, 3.05) is 11.4 Å². The summed E-state index contributed by atoms with van der Waals surface area (Å²) < 4.78 is 1.81. The molecule has 0 aliphatic carbocycles. The van der Waals surface area contributed by atoms with Gasteiger partial charge in [-0.25, -0.2) is 14.8 Å². The number of pyridine rings is 1. The maximum absolute atomic E-state index is 11.8. The number of imidazole rings is 1. The number of fused-ring (bicyclic) bond motifs is 2. The van der Waals surface area contributed by atoms with Crippen molar-refractivity contribution in [1.82, 2.24) is 19.9 Å². The Morgan fingerprint density at radius 3 is 2.86 bits per heavy atom.